The molecule has 0 aromatic carbocycles. The highest BCUT2D eigenvalue weighted by Crippen LogP contribution is 2.19. The number of aliphatic hydroxyl groups is 2. The van der Waals surface area contributed by atoms with E-state index in [0.29, 0.717) is 25.9 Å². The van der Waals surface area contributed by atoms with Crippen LogP contribution in [-0.4, -0.2) is 47.4 Å². The Morgan fingerprint density at radius 3 is 1.00 bits per heavy atom. The molecule has 0 aliphatic heterocycles. The lowest BCUT2D eigenvalue weighted by atomic mass is 10.0. The molecule has 0 aliphatic rings. The van der Waals surface area contributed by atoms with E-state index in [0.717, 1.165) is 51.4 Å². The first-order valence-corrected chi connectivity index (χ1v) is 34.6. The first-order valence-electron chi connectivity index (χ1n) is 34.6. The first kappa shape index (κ1) is 74.3. The molecule has 0 heterocycles. The third kappa shape index (κ3) is 61.6. The molecule has 0 saturated heterocycles. The van der Waals surface area contributed by atoms with Crippen LogP contribution in [0.2, 0.25) is 0 Å². The Balaban J connectivity index is 3.42. The second kappa shape index (κ2) is 65.9. The van der Waals surface area contributed by atoms with Crippen LogP contribution in [0, 0.1) is 0 Å². The number of ether oxygens (including phenoxy) is 1. The van der Waals surface area contributed by atoms with Crippen LogP contribution in [0.25, 0.3) is 0 Å². The molecule has 0 radical (unpaired) electrons. The minimum atomic E-state index is -0.668. The van der Waals surface area contributed by atoms with Gasteiger partial charge in [-0.15, -0.1) is 0 Å². The van der Waals surface area contributed by atoms with Gasteiger partial charge in [-0.25, -0.2) is 0 Å². The maximum Gasteiger partial charge on any atom is 0.305 e. The number of esters is 1. The van der Waals surface area contributed by atoms with Crippen molar-refractivity contribution < 1.29 is 24.5 Å². The largest absolute Gasteiger partial charge is 0.465 e. The highest BCUT2D eigenvalue weighted by Gasteiger charge is 2.20. The SMILES string of the molecule is CCCCCCCCCCCCCCCCCCCCCC(=O)OCC/C=C\C/C=C\CCCCCCCCCCCCCCCCC(=O)NC(CO)C(O)CCCCCCCCCCCCCCCCCCCCC. The van der Waals surface area contributed by atoms with Crippen LogP contribution in [0.5, 0.6) is 0 Å². The number of amides is 1. The zero-order valence-corrected chi connectivity index (χ0v) is 51.5. The number of unbranched alkanes of at least 4 members (excludes halogenated alkanes) is 50. The van der Waals surface area contributed by atoms with E-state index in [1.165, 1.54) is 302 Å². The molecule has 0 aromatic heterocycles. The monoisotopic (exact) mass is 1070 g/mol. The Labute approximate surface area is 475 Å². The van der Waals surface area contributed by atoms with Crippen LogP contribution in [0.3, 0.4) is 0 Å². The van der Waals surface area contributed by atoms with Crippen molar-refractivity contribution in [2.45, 2.75) is 398 Å². The van der Waals surface area contributed by atoms with Crippen LogP contribution in [-0.2, 0) is 14.3 Å². The summed E-state index contributed by atoms with van der Waals surface area (Å²) in [6.07, 6.45) is 82.3. The number of nitrogens with one attached hydrogen (secondary N) is 1. The molecule has 2 atom stereocenters. The summed E-state index contributed by atoms with van der Waals surface area (Å²) in [4.78, 5) is 24.6. The Hall–Kier alpha value is -1.66. The zero-order chi connectivity index (χ0) is 55.0. The van der Waals surface area contributed by atoms with Crippen LogP contribution >= 0.6 is 0 Å². The van der Waals surface area contributed by atoms with E-state index in [1.807, 2.05) is 0 Å². The van der Waals surface area contributed by atoms with Crippen LogP contribution in [0.1, 0.15) is 386 Å². The first-order chi connectivity index (χ1) is 37.5. The quantitative estimate of drug-likeness (QED) is 0.0320. The number of hydrogen-bond donors (Lipinski definition) is 3. The molecule has 3 N–H and O–H groups in total. The Bertz CT molecular complexity index is 1190. The summed E-state index contributed by atoms with van der Waals surface area (Å²) in [7, 11) is 0. The molecular weight excluding hydrogens is 935 g/mol. The number of allylic oxidation sites excluding steroid dienone is 3. The van der Waals surface area contributed by atoms with E-state index in [4.69, 9.17) is 4.74 Å². The highest BCUT2D eigenvalue weighted by molar-refractivity contribution is 5.76. The number of aliphatic hydroxyl groups excluding tert-OH is 2. The number of rotatable bonds is 65. The molecule has 0 aliphatic carbocycles. The molecule has 76 heavy (non-hydrogen) atoms. The Morgan fingerprint density at radius 2 is 0.658 bits per heavy atom. The van der Waals surface area contributed by atoms with Gasteiger partial charge < -0.3 is 20.3 Å². The lowest BCUT2D eigenvalue weighted by Crippen LogP contribution is -2.45. The van der Waals surface area contributed by atoms with Crippen LogP contribution in [0.15, 0.2) is 24.3 Å². The van der Waals surface area contributed by atoms with Crippen molar-refractivity contribution in [2.24, 2.45) is 0 Å². The summed E-state index contributed by atoms with van der Waals surface area (Å²) in [5.41, 5.74) is 0. The molecule has 6 heteroatoms. The van der Waals surface area contributed by atoms with Crippen LogP contribution in [0.4, 0.5) is 0 Å². The van der Waals surface area contributed by atoms with E-state index in [2.05, 4.69) is 43.5 Å². The van der Waals surface area contributed by atoms with E-state index in [-0.39, 0.29) is 18.5 Å². The minimum Gasteiger partial charge on any atom is -0.465 e. The van der Waals surface area contributed by atoms with Gasteiger partial charge in [-0.3, -0.25) is 9.59 Å². The third-order valence-electron chi connectivity index (χ3n) is 16.3. The molecule has 0 saturated carbocycles. The molecule has 0 fully saturated rings. The summed E-state index contributed by atoms with van der Waals surface area (Å²) in [6.45, 7) is 4.89. The molecule has 450 valence electrons. The van der Waals surface area contributed by atoms with E-state index < -0.39 is 12.1 Å². The van der Waals surface area contributed by atoms with Gasteiger partial charge in [0.1, 0.15) is 0 Å². The zero-order valence-electron chi connectivity index (χ0n) is 51.5. The number of hydrogen-bond acceptors (Lipinski definition) is 5. The van der Waals surface area contributed by atoms with Gasteiger partial charge in [-0.1, -0.05) is 353 Å². The topological polar surface area (TPSA) is 95.9 Å². The standard InChI is InChI=1S/C70H135NO5/c1-3-5-7-9-11-13-15-17-19-21-26-30-34-38-42-46-50-54-58-62-68(73)67(66-72)71-69(74)63-59-55-51-47-43-39-35-31-28-24-23-25-29-33-37-41-45-49-53-57-61-65-76-70(75)64-60-56-52-48-44-40-36-32-27-22-20-18-16-14-12-10-8-6-4-2/h41,45,53,57,67-68,72-73H,3-40,42-44,46-52,54-56,58-66H2,1-2H3,(H,71,74)/b45-41-,57-53-. The van der Waals surface area contributed by atoms with Crippen molar-refractivity contribution in [2.75, 3.05) is 13.2 Å². The predicted octanol–water partition coefficient (Wildman–Crippen LogP) is 22.1. The maximum atomic E-state index is 12.5. The van der Waals surface area contributed by atoms with Gasteiger partial charge in [0.05, 0.1) is 25.4 Å². The van der Waals surface area contributed by atoms with E-state index in [9.17, 15) is 19.8 Å². The van der Waals surface area contributed by atoms with Gasteiger partial charge in [0, 0.05) is 12.8 Å². The van der Waals surface area contributed by atoms with Gasteiger partial charge in [0.15, 0.2) is 0 Å². The second-order valence-electron chi connectivity index (χ2n) is 23.9. The van der Waals surface area contributed by atoms with Crippen molar-refractivity contribution >= 4 is 11.9 Å². The molecule has 0 aromatic rings. The molecule has 0 bridgehead atoms. The lowest BCUT2D eigenvalue weighted by molar-refractivity contribution is -0.143. The minimum absolute atomic E-state index is 0.0295. The number of carbonyl (C=O) groups excluding carboxylic acids is 2. The summed E-state index contributed by atoms with van der Waals surface area (Å²) in [5.74, 6) is -0.0654. The van der Waals surface area contributed by atoms with E-state index >= 15 is 0 Å². The molecular formula is C70H135NO5. The summed E-state index contributed by atoms with van der Waals surface area (Å²) < 4.78 is 5.44. The smallest absolute Gasteiger partial charge is 0.305 e. The molecule has 6 nitrogen and oxygen atoms in total. The van der Waals surface area contributed by atoms with Crippen molar-refractivity contribution in [3.8, 4) is 0 Å². The Morgan fingerprint density at radius 1 is 0.368 bits per heavy atom. The average molecular weight is 1070 g/mol. The molecule has 0 spiro atoms. The maximum absolute atomic E-state index is 12.5. The molecule has 0 rings (SSSR count). The van der Waals surface area contributed by atoms with Crippen molar-refractivity contribution in [1.29, 1.82) is 0 Å². The van der Waals surface area contributed by atoms with Gasteiger partial charge >= 0.3 is 5.97 Å². The van der Waals surface area contributed by atoms with Crippen molar-refractivity contribution in [1.82, 2.24) is 5.32 Å². The molecule has 1 amide bonds. The van der Waals surface area contributed by atoms with E-state index in [1.54, 1.807) is 0 Å². The lowest BCUT2D eigenvalue weighted by Gasteiger charge is -2.22. The van der Waals surface area contributed by atoms with Crippen molar-refractivity contribution in [3.63, 3.8) is 0 Å². The fraction of sp³-hybridized carbons (Fsp3) is 0.914. The summed E-state index contributed by atoms with van der Waals surface area (Å²) in [6, 6.07) is -0.546. The average Bonchev–Trinajstić information content (AvgIpc) is 3.42. The fourth-order valence-corrected chi connectivity index (χ4v) is 11.0. The van der Waals surface area contributed by atoms with Gasteiger partial charge in [-0.2, -0.15) is 0 Å². The fourth-order valence-electron chi connectivity index (χ4n) is 11.0. The number of carbonyl (C=O) groups is 2. The van der Waals surface area contributed by atoms with Gasteiger partial charge in [-0.05, 0) is 44.9 Å². The summed E-state index contributed by atoms with van der Waals surface area (Å²) >= 11 is 0. The predicted molar refractivity (Wildman–Crippen MR) is 333 cm³/mol. The van der Waals surface area contributed by atoms with Gasteiger partial charge in [0.2, 0.25) is 5.91 Å². The van der Waals surface area contributed by atoms with Crippen LogP contribution < -0.4 is 5.32 Å². The normalized spacial score (nSPS) is 12.6. The summed E-state index contributed by atoms with van der Waals surface area (Å²) in [5, 5.41) is 23.4. The highest BCUT2D eigenvalue weighted by atomic mass is 16.5. The molecule has 2 unspecified atom stereocenters. The third-order valence-corrected chi connectivity index (χ3v) is 16.3. The Kier molecular flexibility index (Phi) is 64.4. The second-order valence-corrected chi connectivity index (χ2v) is 23.9. The van der Waals surface area contributed by atoms with Gasteiger partial charge in [0.25, 0.3) is 0 Å². The van der Waals surface area contributed by atoms with Crippen molar-refractivity contribution in [3.05, 3.63) is 24.3 Å².